The second-order valence-electron chi connectivity index (χ2n) is 5.24. The van der Waals surface area contributed by atoms with Gasteiger partial charge >= 0.3 is 0 Å². The van der Waals surface area contributed by atoms with Gasteiger partial charge in [0.25, 0.3) is 5.91 Å². The third-order valence-corrected chi connectivity index (χ3v) is 4.02. The van der Waals surface area contributed by atoms with Crippen LogP contribution in [0.15, 0.2) is 24.3 Å². The highest BCUT2D eigenvalue weighted by Crippen LogP contribution is 2.35. The van der Waals surface area contributed by atoms with Crippen LogP contribution in [-0.2, 0) is 0 Å². The zero-order chi connectivity index (χ0) is 13.2. The minimum Gasteiger partial charge on any atom is -0.398 e. The molecule has 1 aromatic carbocycles. The standard InChI is InChI=1S/C14H21N3O/c1-17(2)14(8-5-9-14)10-16-13(18)11-6-3-4-7-12(11)15/h3-4,6-7H,5,8-10,15H2,1-2H3,(H,16,18). The topological polar surface area (TPSA) is 58.4 Å². The number of hydrogen-bond acceptors (Lipinski definition) is 3. The van der Waals surface area contributed by atoms with Gasteiger partial charge in [0.15, 0.2) is 0 Å². The molecule has 1 aromatic rings. The van der Waals surface area contributed by atoms with Crippen molar-refractivity contribution in [1.29, 1.82) is 0 Å². The molecule has 1 aliphatic carbocycles. The van der Waals surface area contributed by atoms with E-state index in [9.17, 15) is 4.79 Å². The van der Waals surface area contributed by atoms with Gasteiger partial charge in [-0.15, -0.1) is 0 Å². The van der Waals surface area contributed by atoms with Crippen molar-refractivity contribution in [3.63, 3.8) is 0 Å². The van der Waals surface area contributed by atoms with E-state index in [1.165, 1.54) is 6.42 Å². The molecule has 1 aliphatic rings. The average molecular weight is 247 g/mol. The van der Waals surface area contributed by atoms with Crippen LogP contribution < -0.4 is 11.1 Å². The number of nitrogens with one attached hydrogen (secondary N) is 1. The van der Waals surface area contributed by atoms with E-state index in [4.69, 9.17) is 5.73 Å². The fraction of sp³-hybridized carbons (Fsp3) is 0.500. The fourth-order valence-electron chi connectivity index (χ4n) is 2.41. The van der Waals surface area contributed by atoms with Gasteiger partial charge in [-0.3, -0.25) is 4.79 Å². The number of nitrogens with zero attached hydrogens (tertiary/aromatic N) is 1. The Morgan fingerprint density at radius 2 is 2.06 bits per heavy atom. The summed E-state index contributed by atoms with van der Waals surface area (Å²) in [5.74, 6) is -0.0822. The maximum Gasteiger partial charge on any atom is 0.253 e. The smallest absolute Gasteiger partial charge is 0.253 e. The van der Waals surface area contributed by atoms with Crippen LogP contribution in [0.2, 0.25) is 0 Å². The molecular formula is C14H21N3O. The molecular weight excluding hydrogens is 226 g/mol. The lowest BCUT2D eigenvalue weighted by Gasteiger charge is -2.47. The van der Waals surface area contributed by atoms with Gasteiger partial charge in [0.2, 0.25) is 0 Å². The highest BCUT2D eigenvalue weighted by Gasteiger charge is 2.39. The van der Waals surface area contributed by atoms with E-state index >= 15 is 0 Å². The summed E-state index contributed by atoms with van der Waals surface area (Å²) in [7, 11) is 4.14. The van der Waals surface area contributed by atoms with Crippen molar-refractivity contribution in [2.24, 2.45) is 0 Å². The third-order valence-electron chi connectivity index (χ3n) is 4.02. The third kappa shape index (κ3) is 2.34. The van der Waals surface area contributed by atoms with Crippen LogP contribution >= 0.6 is 0 Å². The molecule has 1 amide bonds. The number of nitrogen functional groups attached to an aromatic ring is 1. The Labute approximate surface area is 108 Å². The fourth-order valence-corrected chi connectivity index (χ4v) is 2.41. The molecule has 0 radical (unpaired) electrons. The van der Waals surface area contributed by atoms with Crippen LogP contribution in [0.3, 0.4) is 0 Å². The zero-order valence-corrected chi connectivity index (χ0v) is 11.1. The van der Waals surface area contributed by atoms with E-state index in [1.54, 1.807) is 12.1 Å². The number of carbonyl (C=O) groups is 1. The lowest BCUT2D eigenvalue weighted by Crippen LogP contribution is -2.57. The molecule has 0 bridgehead atoms. The van der Waals surface area contributed by atoms with E-state index in [0.29, 0.717) is 17.8 Å². The number of likely N-dealkylation sites (N-methyl/N-ethyl adjacent to an activating group) is 1. The van der Waals surface area contributed by atoms with Crippen molar-refractivity contribution in [3.05, 3.63) is 29.8 Å². The first-order chi connectivity index (χ1) is 8.55. The number of anilines is 1. The van der Waals surface area contributed by atoms with Crippen molar-refractivity contribution in [3.8, 4) is 0 Å². The number of carbonyl (C=O) groups excluding carboxylic acids is 1. The largest absolute Gasteiger partial charge is 0.398 e. The van der Waals surface area contributed by atoms with Crippen molar-refractivity contribution in [1.82, 2.24) is 10.2 Å². The van der Waals surface area contributed by atoms with E-state index in [2.05, 4.69) is 24.3 Å². The summed E-state index contributed by atoms with van der Waals surface area (Å²) in [6.07, 6.45) is 3.52. The molecule has 1 fully saturated rings. The SMILES string of the molecule is CN(C)C1(CNC(=O)c2ccccc2N)CCC1. The van der Waals surface area contributed by atoms with E-state index in [0.717, 1.165) is 12.8 Å². The highest BCUT2D eigenvalue weighted by atomic mass is 16.1. The van der Waals surface area contributed by atoms with Gasteiger partial charge in [-0.1, -0.05) is 12.1 Å². The molecule has 0 spiro atoms. The zero-order valence-electron chi connectivity index (χ0n) is 11.1. The molecule has 0 unspecified atom stereocenters. The van der Waals surface area contributed by atoms with Gasteiger partial charge in [0, 0.05) is 17.8 Å². The molecule has 18 heavy (non-hydrogen) atoms. The van der Waals surface area contributed by atoms with Crippen LogP contribution in [0.1, 0.15) is 29.6 Å². The van der Waals surface area contributed by atoms with Gasteiger partial charge in [-0.25, -0.2) is 0 Å². The van der Waals surface area contributed by atoms with E-state index < -0.39 is 0 Å². The average Bonchev–Trinajstić information content (AvgIpc) is 2.27. The maximum absolute atomic E-state index is 12.1. The highest BCUT2D eigenvalue weighted by molar-refractivity contribution is 5.99. The van der Waals surface area contributed by atoms with Gasteiger partial charge in [0.1, 0.15) is 0 Å². The van der Waals surface area contributed by atoms with Crippen molar-refractivity contribution in [2.75, 3.05) is 26.4 Å². The lowest BCUT2D eigenvalue weighted by atomic mass is 9.75. The predicted molar refractivity (Wildman–Crippen MR) is 73.5 cm³/mol. The number of hydrogen-bond donors (Lipinski definition) is 2. The number of benzene rings is 1. The Balaban J connectivity index is 1.99. The van der Waals surface area contributed by atoms with E-state index in [-0.39, 0.29) is 11.4 Å². The Hall–Kier alpha value is -1.55. The molecule has 98 valence electrons. The minimum absolute atomic E-state index is 0.0822. The summed E-state index contributed by atoms with van der Waals surface area (Å²) in [6.45, 7) is 0.688. The first kappa shape index (κ1) is 12.9. The molecule has 0 atom stereocenters. The summed E-state index contributed by atoms with van der Waals surface area (Å²) >= 11 is 0. The molecule has 0 heterocycles. The Morgan fingerprint density at radius 3 is 2.56 bits per heavy atom. The first-order valence-electron chi connectivity index (χ1n) is 6.35. The van der Waals surface area contributed by atoms with Crippen LogP contribution in [0.4, 0.5) is 5.69 Å². The molecule has 2 rings (SSSR count). The van der Waals surface area contributed by atoms with Crippen LogP contribution in [-0.4, -0.2) is 37.0 Å². The summed E-state index contributed by atoms with van der Waals surface area (Å²) in [5.41, 5.74) is 7.02. The van der Waals surface area contributed by atoms with Gasteiger partial charge in [0.05, 0.1) is 5.56 Å². The maximum atomic E-state index is 12.1. The monoisotopic (exact) mass is 247 g/mol. The second kappa shape index (κ2) is 4.98. The summed E-state index contributed by atoms with van der Waals surface area (Å²) < 4.78 is 0. The predicted octanol–water partition coefficient (Wildman–Crippen LogP) is 1.48. The minimum atomic E-state index is -0.0822. The van der Waals surface area contributed by atoms with Crippen LogP contribution in [0, 0.1) is 0 Å². The Bertz CT molecular complexity index is 438. The van der Waals surface area contributed by atoms with Gasteiger partial charge < -0.3 is 16.0 Å². The molecule has 4 nitrogen and oxygen atoms in total. The molecule has 0 saturated heterocycles. The van der Waals surface area contributed by atoms with Gasteiger partial charge in [-0.2, -0.15) is 0 Å². The van der Waals surface area contributed by atoms with E-state index in [1.807, 2.05) is 12.1 Å². The first-order valence-corrected chi connectivity index (χ1v) is 6.35. The molecule has 4 heteroatoms. The second-order valence-corrected chi connectivity index (χ2v) is 5.24. The quantitative estimate of drug-likeness (QED) is 0.792. The number of rotatable bonds is 4. The summed E-state index contributed by atoms with van der Waals surface area (Å²) in [6, 6.07) is 7.17. The lowest BCUT2D eigenvalue weighted by molar-refractivity contribution is 0.0558. The number of para-hydroxylation sites is 1. The molecule has 1 saturated carbocycles. The summed E-state index contributed by atoms with van der Waals surface area (Å²) in [5, 5.41) is 3.00. The Kier molecular flexibility index (Phi) is 3.57. The summed E-state index contributed by atoms with van der Waals surface area (Å²) in [4.78, 5) is 14.3. The van der Waals surface area contributed by atoms with Crippen LogP contribution in [0.5, 0.6) is 0 Å². The number of nitrogens with two attached hydrogens (primary N) is 1. The Morgan fingerprint density at radius 1 is 1.39 bits per heavy atom. The normalized spacial score (nSPS) is 17.3. The molecule has 0 aromatic heterocycles. The number of amides is 1. The van der Waals surface area contributed by atoms with Crippen LogP contribution in [0.25, 0.3) is 0 Å². The molecule has 0 aliphatic heterocycles. The van der Waals surface area contributed by atoms with Gasteiger partial charge in [-0.05, 0) is 45.5 Å². The van der Waals surface area contributed by atoms with Crippen molar-refractivity contribution < 1.29 is 4.79 Å². The van der Waals surface area contributed by atoms with Crippen molar-refractivity contribution >= 4 is 11.6 Å². The molecule has 3 N–H and O–H groups in total. The van der Waals surface area contributed by atoms with Crippen molar-refractivity contribution in [2.45, 2.75) is 24.8 Å².